The van der Waals surface area contributed by atoms with Gasteiger partial charge >= 0.3 is 0 Å². The molecule has 45 heavy (non-hydrogen) atoms. The van der Waals surface area contributed by atoms with Crippen LogP contribution >= 0.6 is 11.6 Å². The Morgan fingerprint density at radius 1 is 1.04 bits per heavy atom. The van der Waals surface area contributed by atoms with Crippen LogP contribution in [0.15, 0.2) is 67.0 Å². The van der Waals surface area contributed by atoms with Gasteiger partial charge in [-0.15, -0.1) is 0 Å². The molecule has 0 bridgehead atoms. The maximum absolute atomic E-state index is 11.7. The molecule has 3 aromatic carbocycles. The van der Waals surface area contributed by atoms with Crippen LogP contribution in [0.3, 0.4) is 0 Å². The number of aryl methyl sites for hydroxylation is 1. The Kier molecular flexibility index (Phi) is 10.7. The van der Waals surface area contributed by atoms with Crippen LogP contribution in [0.5, 0.6) is 17.2 Å². The van der Waals surface area contributed by atoms with Crippen LogP contribution in [0.4, 0.5) is 0 Å². The summed E-state index contributed by atoms with van der Waals surface area (Å²) in [4.78, 5) is 18.1. The van der Waals surface area contributed by atoms with Crippen molar-refractivity contribution in [3.63, 3.8) is 0 Å². The van der Waals surface area contributed by atoms with Gasteiger partial charge in [0.25, 0.3) is 0 Å². The van der Waals surface area contributed by atoms with Crippen molar-refractivity contribution < 1.29 is 24.1 Å². The summed E-state index contributed by atoms with van der Waals surface area (Å²) in [6.45, 7) is 7.75. The van der Waals surface area contributed by atoms with Crippen molar-refractivity contribution in [2.45, 2.75) is 46.0 Å². The SMILES string of the molecule is Cc1ccc(OCCCN2CCC(O)C2)cc1-c1cccc(COc2cc(OCc3cncc(C#N)c3)c(C=O)cc2Cl)c1C. The Hall–Kier alpha value is -4.42. The predicted molar refractivity (Wildman–Crippen MR) is 173 cm³/mol. The average Bonchev–Trinajstić information content (AvgIpc) is 3.47. The monoisotopic (exact) mass is 625 g/mol. The summed E-state index contributed by atoms with van der Waals surface area (Å²) >= 11 is 6.49. The van der Waals surface area contributed by atoms with Crippen LogP contribution in [-0.4, -0.2) is 53.6 Å². The van der Waals surface area contributed by atoms with Crippen LogP contribution in [0, 0.1) is 25.2 Å². The lowest BCUT2D eigenvalue weighted by Crippen LogP contribution is -2.24. The van der Waals surface area contributed by atoms with Crippen molar-refractivity contribution in [1.29, 1.82) is 5.26 Å². The number of aliphatic hydroxyl groups excluding tert-OH is 1. The number of carbonyl (C=O) groups excluding carboxylic acids is 1. The normalized spacial score (nSPS) is 14.6. The lowest BCUT2D eigenvalue weighted by molar-refractivity contribution is 0.111. The van der Waals surface area contributed by atoms with Gasteiger partial charge in [0.2, 0.25) is 0 Å². The number of hydrogen-bond acceptors (Lipinski definition) is 8. The molecule has 232 valence electrons. The molecule has 1 atom stereocenters. The number of rotatable bonds is 13. The number of likely N-dealkylation sites (tertiary alicyclic amines) is 1. The van der Waals surface area contributed by atoms with E-state index in [-0.39, 0.29) is 19.3 Å². The lowest BCUT2D eigenvalue weighted by Gasteiger charge is -2.17. The zero-order chi connectivity index (χ0) is 31.8. The van der Waals surface area contributed by atoms with Crippen molar-refractivity contribution in [3.8, 4) is 34.4 Å². The van der Waals surface area contributed by atoms with E-state index < -0.39 is 0 Å². The van der Waals surface area contributed by atoms with Gasteiger partial charge in [-0.2, -0.15) is 5.26 Å². The largest absolute Gasteiger partial charge is 0.494 e. The first-order chi connectivity index (χ1) is 21.8. The Morgan fingerprint density at radius 2 is 1.89 bits per heavy atom. The van der Waals surface area contributed by atoms with Crippen LogP contribution in [0.25, 0.3) is 11.1 Å². The molecule has 0 saturated carbocycles. The van der Waals surface area contributed by atoms with E-state index in [1.807, 2.05) is 18.2 Å². The molecule has 0 amide bonds. The molecule has 8 nitrogen and oxygen atoms in total. The third kappa shape index (κ3) is 8.20. The minimum Gasteiger partial charge on any atom is -0.494 e. The van der Waals surface area contributed by atoms with Crippen molar-refractivity contribution in [2.24, 2.45) is 0 Å². The van der Waals surface area contributed by atoms with E-state index in [0.717, 1.165) is 66.0 Å². The van der Waals surface area contributed by atoms with Crippen LogP contribution < -0.4 is 14.2 Å². The Labute approximate surface area is 268 Å². The number of benzene rings is 3. The number of nitriles is 1. The number of pyridine rings is 1. The standard InChI is InChI=1S/C36H36ClN3O5/c1-24-7-8-31(43-12-4-10-40-11-9-30(42)20-40)15-33(24)32-6-3-5-28(25(32)2)23-45-36-16-35(29(21-41)14-34(36)37)44-22-27-13-26(17-38)18-39-19-27/h3,5-8,13-16,18-19,21,30,42H,4,9-12,20,22-23H2,1-2H3. The van der Waals surface area contributed by atoms with E-state index in [9.17, 15) is 9.90 Å². The highest BCUT2D eigenvalue weighted by Gasteiger charge is 2.19. The highest BCUT2D eigenvalue weighted by Crippen LogP contribution is 2.35. The topological polar surface area (TPSA) is 105 Å². The molecule has 1 unspecified atom stereocenters. The number of aldehydes is 1. The zero-order valence-corrected chi connectivity index (χ0v) is 26.2. The van der Waals surface area contributed by atoms with E-state index in [2.05, 4.69) is 48.0 Å². The summed E-state index contributed by atoms with van der Waals surface area (Å²) in [6, 6.07) is 19.2. The third-order valence-electron chi connectivity index (χ3n) is 7.97. The van der Waals surface area contributed by atoms with Gasteiger partial charge in [0.05, 0.1) is 28.9 Å². The van der Waals surface area contributed by atoms with Gasteiger partial charge in [-0.05, 0) is 78.8 Å². The van der Waals surface area contributed by atoms with Gasteiger partial charge in [0.15, 0.2) is 6.29 Å². The molecule has 2 heterocycles. The third-order valence-corrected chi connectivity index (χ3v) is 8.27. The first-order valence-corrected chi connectivity index (χ1v) is 15.3. The first-order valence-electron chi connectivity index (χ1n) is 15.0. The molecule has 5 rings (SSSR count). The fourth-order valence-corrected chi connectivity index (χ4v) is 5.65. The van der Waals surface area contributed by atoms with Gasteiger partial charge in [-0.25, -0.2) is 0 Å². The molecule has 4 aromatic rings. The molecule has 0 spiro atoms. The van der Waals surface area contributed by atoms with E-state index in [4.69, 9.17) is 31.1 Å². The van der Waals surface area contributed by atoms with Crippen molar-refractivity contribution >= 4 is 17.9 Å². The molecule has 9 heteroatoms. The summed E-state index contributed by atoms with van der Waals surface area (Å²) in [5.41, 5.74) is 6.80. The Balaban J connectivity index is 1.26. The summed E-state index contributed by atoms with van der Waals surface area (Å²) in [5.74, 6) is 1.53. The van der Waals surface area contributed by atoms with Gasteiger partial charge < -0.3 is 24.2 Å². The van der Waals surface area contributed by atoms with Crippen molar-refractivity contribution in [2.75, 3.05) is 26.2 Å². The quantitative estimate of drug-likeness (QED) is 0.129. The number of hydrogen-bond donors (Lipinski definition) is 1. The zero-order valence-electron chi connectivity index (χ0n) is 25.5. The predicted octanol–water partition coefficient (Wildman–Crippen LogP) is 6.70. The average molecular weight is 626 g/mol. The lowest BCUT2D eigenvalue weighted by atomic mass is 9.93. The fraction of sp³-hybridized carbons (Fsp3) is 0.306. The molecule has 0 aliphatic carbocycles. The molecule has 1 aliphatic rings. The van der Waals surface area contributed by atoms with E-state index >= 15 is 0 Å². The van der Waals surface area contributed by atoms with Gasteiger partial charge in [-0.1, -0.05) is 35.9 Å². The second-order valence-corrected chi connectivity index (χ2v) is 11.6. The van der Waals surface area contributed by atoms with Crippen LogP contribution in [-0.2, 0) is 13.2 Å². The molecule has 1 fully saturated rings. The smallest absolute Gasteiger partial charge is 0.153 e. The number of aromatic nitrogens is 1. The van der Waals surface area contributed by atoms with E-state index in [0.29, 0.717) is 46.1 Å². The minimum atomic E-state index is -0.204. The van der Waals surface area contributed by atoms with E-state index in [1.165, 1.54) is 12.3 Å². The number of carbonyl (C=O) groups is 1. The maximum Gasteiger partial charge on any atom is 0.153 e. The summed E-state index contributed by atoms with van der Waals surface area (Å²) in [7, 11) is 0. The first kappa shape index (κ1) is 32.0. The van der Waals surface area contributed by atoms with Crippen LogP contribution in [0.1, 0.15) is 51.0 Å². The highest BCUT2D eigenvalue weighted by molar-refractivity contribution is 6.32. The highest BCUT2D eigenvalue weighted by atomic mass is 35.5. The Bertz CT molecular complexity index is 1700. The molecule has 1 aromatic heterocycles. The van der Waals surface area contributed by atoms with Gasteiger partial charge in [0, 0.05) is 43.7 Å². The van der Waals surface area contributed by atoms with Crippen molar-refractivity contribution in [1.82, 2.24) is 9.88 Å². The Morgan fingerprint density at radius 3 is 2.67 bits per heavy atom. The van der Waals surface area contributed by atoms with Crippen LogP contribution in [0.2, 0.25) is 5.02 Å². The number of halogens is 1. The van der Waals surface area contributed by atoms with Gasteiger partial charge in [0.1, 0.15) is 36.5 Å². The molecule has 1 aliphatic heterocycles. The molecule has 1 saturated heterocycles. The summed E-state index contributed by atoms with van der Waals surface area (Å²) in [5, 5.41) is 19.2. The van der Waals surface area contributed by atoms with E-state index in [1.54, 1.807) is 18.3 Å². The second-order valence-electron chi connectivity index (χ2n) is 11.2. The number of aliphatic hydroxyl groups is 1. The second kappa shape index (κ2) is 15.0. The molecule has 1 N–H and O–H groups in total. The summed E-state index contributed by atoms with van der Waals surface area (Å²) in [6.07, 6.45) is 5.31. The number of ether oxygens (including phenoxy) is 3. The maximum atomic E-state index is 11.7. The molecule has 0 radical (unpaired) electrons. The van der Waals surface area contributed by atoms with Gasteiger partial charge in [-0.3, -0.25) is 9.78 Å². The number of β-amino-alcohol motifs (C(OH)–C–C–N with tert-alkyl or cyclic N) is 1. The summed E-state index contributed by atoms with van der Waals surface area (Å²) < 4.78 is 18.2. The number of nitrogens with zero attached hydrogens (tertiary/aromatic N) is 3. The van der Waals surface area contributed by atoms with Crippen molar-refractivity contribution in [3.05, 3.63) is 105 Å². The minimum absolute atomic E-state index is 0.121. The fourth-order valence-electron chi connectivity index (χ4n) is 5.43. The molecular formula is C36H36ClN3O5. The molecular weight excluding hydrogens is 590 g/mol.